The van der Waals surface area contributed by atoms with Gasteiger partial charge in [-0.05, 0) is 48.1 Å². The summed E-state index contributed by atoms with van der Waals surface area (Å²) in [5.74, 6) is -15.1. The minimum Gasteiger partial charge on any atom is -0.481 e. The molecule has 0 spiro atoms. The van der Waals surface area contributed by atoms with Crippen LogP contribution in [-0.2, 0) is 111 Å². The van der Waals surface area contributed by atoms with E-state index >= 15 is 19.2 Å². The first-order chi connectivity index (χ1) is 49.3. The Bertz CT molecular complexity index is 4220. The minimum absolute atomic E-state index is 0.0970. The molecule has 0 aliphatic carbocycles. The number of imidazole rings is 1. The second kappa shape index (κ2) is 34.3. The fourth-order valence-corrected chi connectivity index (χ4v) is 12.7. The summed E-state index contributed by atoms with van der Waals surface area (Å²) >= 11 is 0. The molecule has 9 atom stereocenters. The van der Waals surface area contributed by atoms with Crippen LogP contribution in [-0.4, -0.2) is 238 Å². The van der Waals surface area contributed by atoms with E-state index in [4.69, 9.17) is 5.73 Å². The van der Waals surface area contributed by atoms with Crippen LogP contribution in [0, 0.1) is 0 Å². The number of hydrogen-bond acceptors (Lipinski definition) is 18. The third-order valence-corrected chi connectivity index (χ3v) is 17.8. The van der Waals surface area contributed by atoms with Gasteiger partial charge in [0.05, 0.1) is 52.1 Å². The molecule has 6 heterocycles. The Kier molecular flexibility index (Phi) is 25.0. The number of carbonyl (C=O) groups is 15. The number of benzene rings is 3. The SMILES string of the molecule is CC(=O)N[C@@H](CO)C(=O)N[C@@H](Cc1cnc[nH]1)C(=O)N[C@@H](CO)C(=O)N[C@@H](CCC(=O)O)C(=O)N[C@@H](Cc1ccccc1)C(=O)NC1Cc2c([nH]c3ccccc23)CN([C@@H](CC(=O)O)C(=O)NC2Cc3c([nH]c4ccccc34)CN(CC(=O)N3CCC[C@H]3C(=O)NCC(=O)NCC(N)=O)C2=O)C1=O. The molecule has 13 amide bonds. The van der Waals surface area contributed by atoms with Crippen molar-refractivity contribution in [2.45, 2.75) is 132 Å². The van der Waals surface area contributed by atoms with Crippen molar-refractivity contribution in [3.05, 3.63) is 125 Å². The highest BCUT2D eigenvalue weighted by atomic mass is 16.4. The fraction of sp³-hybridized carbons (Fsp3) is 0.403. The van der Waals surface area contributed by atoms with Crippen molar-refractivity contribution in [3.8, 4) is 0 Å². The Morgan fingerprint density at radius 3 is 1.77 bits per heavy atom. The predicted octanol–water partition coefficient (Wildman–Crippen LogP) is -4.86. The first-order valence-electron chi connectivity index (χ1n) is 32.9. The average Bonchev–Trinajstić information content (AvgIpc) is 1.63. The van der Waals surface area contributed by atoms with Crippen molar-refractivity contribution >= 4 is 111 Å². The average molecular weight is 1430 g/mol. The monoisotopic (exact) mass is 1430 g/mol. The molecular formula is C67H79N17O19. The second-order valence-corrected chi connectivity index (χ2v) is 25.0. The van der Waals surface area contributed by atoms with Crippen molar-refractivity contribution in [1.82, 2.24) is 82.5 Å². The third-order valence-electron chi connectivity index (χ3n) is 17.8. The van der Waals surface area contributed by atoms with Gasteiger partial charge in [-0.25, -0.2) is 4.98 Å². The smallest absolute Gasteiger partial charge is 0.305 e. The first-order valence-corrected chi connectivity index (χ1v) is 32.9. The van der Waals surface area contributed by atoms with Crippen LogP contribution >= 0.6 is 0 Å². The van der Waals surface area contributed by atoms with Gasteiger partial charge in [-0.3, -0.25) is 71.9 Å². The van der Waals surface area contributed by atoms with Gasteiger partial charge in [-0.1, -0.05) is 66.7 Å². The van der Waals surface area contributed by atoms with Gasteiger partial charge in [0, 0.05) is 90.7 Å². The number of amides is 13. The number of nitrogens with two attached hydrogens (primary N) is 1. The summed E-state index contributed by atoms with van der Waals surface area (Å²) in [7, 11) is 0. The molecule has 2 unspecified atom stereocenters. The summed E-state index contributed by atoms with van der Waals surface area (Å²) in [5.41, 5.74) is 8.86. The molecule has 1 fully saturated rings. The van der Waals surface area contributed by atoms with Crippen molar-refractivity contribution < 1.29 is 92.3 Å². The molecule has 9 rings (SSSR count). The number of aliphatic hydroxyl groups excluding tert-OH is 2. The Hall–Kier alpha value is -12.1. The number of aromatic nitrogens is 4. The van der Waals surface area contributed by atoms with Crippen molar-refractivity contribution in [3.63, 3.8) is 0 Å². The van der Waals surface area contributed by atoms with Crippen LogP contribution in [0.2, 0.25) is 0 Å². The molecule has 3 aromatic carbocycles. The van der Waals surface area contributed by atoms with Gasteiger partial charge >= 0.3 is 11.9 Å². The van der Waals surface area contributed by atoms with Crippen LogP contribution in [0.25, 0.3) is 21.8 Å². The van der Waals surface area contributed by atoms with Gasteiger partial charge in [-0.2, -0.15) is 0 Å². The molecule has 3 aliphatic heterocycles. The number of likely N-dealkylation sites (tertiary alicyclic amines) is 1. The van der Waals surface area contributed by atoms with Gasteiger partial charge in [0.25, 0.3) is 0 Å². The van der Waals surface area contributed by atoms with Gasteiger partial charge in [0.15, 0.2) is 0 Å². The summed E-state index contributed by atoms with van der Waals surface area (Å²) in [5, 5.41) is 63.9. The number of carboxylic acid groups (broad SMARTS) is 2. The van der Waals surface area contributed by atoms with E-state index in [1.807, 2.05) is 0 Å². The Morgan fingerprint density at radius 2 is 1.17 bits per heavy atom. The van der Waals surface area contributed by atoms with Gasteiger partial charge < -0.3 is 104 Å². The number of para-hydroxylation sites is 2. The van der Waals surface area contributed by atoms with Gasteiger partial charge in [-0.15, -0.1) is 0 Å². The Morgan fingerprint density at radius 1 is 0.621 bits per heavy atom. The molecule has 6 aromatic rings. The zero-order chi connectivity index (χ0) is 74.2. The number of aliphatic hydroxyl groups is 2. The molecule has 546 valence electrons. The minimum atomic E-state index is -1.95. The maximum absolute atomic E-state index is 15.6. The van der Waals surface area contributed by atoms with Gasteiger partial charge in [0.2, 0.25) is 76.8 Å². The number of aromatic amines is 3. The quantitative estimate of drug-likeness (QED) is 0.0188. The van der Waals surface area contributed by atoms with Crippen LogP contribution in [0.15, 0.2) is 91.4 Å². The lowest BCUT2D eigenvalue weighted by molar-refractivity contribution is -0.150. The number of H-pyrrole nitrogens is 3. The molecule has 36 heteroatoms. The number of rotatable bonds is 32. The summed E-state index contributed by atoms with van der Waals surface area (Å²) in [4.78, 5) is 222. The van der Waals surface area contributed by atoms with E-state index in [1.165, 1.54) is 22.3 Å². The summed E-state index contributed by atoms with van der Waals surface area (Å²) in [6, 6.07) is 7.36. The van der Waals surface area contributed by atoms with Crippen LogP contribution in [0.1, 0.15) is 72.8 Å². The third kappa shape index (κ3) is 19.3. The highest BCUT2D eigenvalue weighted by Crippen LogP contribution is 2.32. The van der Waals surface area contributed by atoms with Crippen LogP contribution in [0.4, 0.5) is 0 Å². The lowest BCUT2D eigenvalue weighted by Gasteiger charge is -2.33. The highest BCUT2D eigenvalue weighted by Gasteiger charge is 2.44. The summed E-state index contributed by atoms with van der Waals surface area (Å²) in [6.07, 6.45) is -0.451. The van der Waals surface area contributed by atoms with E-state index in [9.17, 15) is 73.2 Å². The number of primary amides is 1. The number of fused-ring (bicyclic) bond motifs is 6. The number of carbonyl (C=O) groups excluding carboxylic acids is 13. The molecule has 1 saturated heterocycles. The Labute approximate surface area is 585 Å². The van der Waals surface area contributed by atoms with E-state index in [1.54, 1.807) is 78.9 Å². The lowest BCUT2D eigenvalue weighted by Crippen LogP contribution is -2.61. The van der Waals surface area contributed by atoms with E-state index in [-0.39, 0.29) is 45.2 Å². The standard InChI is InChI=1S/C67H79N17O19/c1-34(87)73-50(31-85)62(98)78-45(21-36-25-69-33-72-36)61(97)81-51(32-86)63(99)76-43(17-18-57(91)92)59(95)77-44(20-35-10-3-2-4-11-35)60(96)79-47-23-40-38-13-6-8-15-42(38)75-49(40)29-84(67(47)103)53(24-58(93)94)65(101)80-46-22-39-37-12-5-7-14-41(37)74-48(39)28-82(66(46)102)30-56(90)83-19-9-16-52(83)64(100)71-27-55(89)70-26-54(68)88/h2-8,10-15,25,33,43-47,50-53,74-75,85-86H,9,16-24,26-32H2,1H3,(H2,68,88)(H,69,72)(H,70,89)(H,71,100)(H,73,87)(H,76,99)(H,77,95)(H,78,98)(H,79,96)(H,80,101)(H,81,97)(H,91,92)(H,93,94)/t43-,44-,45-,46?,47?,50-,51-,52-,53-/m0/s1. The molecule has 18 N–H and O–H groups in total. The number of aliphatic carboxylic acids is 2. The van der Waals surface area contributed by atoms with Crippen LogP contribution in [0.5, 0.6) is 0 Å². The zero-order valence-electron chi connectivity index (χ0n) is 55.7. The van der Waals surface area contributed by atoms with Gasteiger partial charge in [0.1, 0.15) is 60.9 Å². The normalized spacial score (nSPS) is 17.5. The summed E-state index contributed by atoms with van der Waals surface area (Å²) in [6.45, 7) is -3.14. The van der Waals surface area contributed by atoms with E-state index in [2.05, 4.69) is 67.8 Å². The molecular weight excluding hydrogens is 1350 g/mol. The van der Waals surface area contributed by atoms with Crippen molar-refractivity contribution in [2.24, 2.45) is 5.73 Å². The highest BCUT2D eigenvalue weighted by molar-refractivity contribution is 6.01. The molecule has 3 aliphatic rings. The van der Waals surface area contributed by atoms with E-state index < -0.39 is 202 Å². The zero-order valence-corrected chi connectivity index (χ0v) is 55.7. The Balaban J connectivity index is 0.974. The van der Waals surface area contributed by atoms with Crippen molar-refractivity contribution in [2.75, 3.05) is 39.4 Å². The van der Waals surface area contributed by atoms with Crippen LogP contribution < -0.4 is 53.6 Å². The molecule has 0 radical (unpaired) electrons. The first kappa shape index (κ1) is 75.1. The molecule has 0 saturated carbocycles. The fourth-order valence-electron chi connectivity index (χ4n) is 12.7. The predicted molar refractivity (Wildman–Crippen MR) is 359 cm³/mol. The lowest BCUT2D eigenvalue weighted by atomic mass is 10.0. The topological polar surface area (TPSA) is 541 Å². The molecule has 103 heavy (non-hydrogen) atoms. The molecule has 0 bridgehead atoms. The number of nitrogens with zero attached hydrogens (tertiary/aromatic N) is 4. The number of nitrogens with one attached hydrogen (secondary N) is 12. The number of carboxylic acids is 2. The van der Waals surface area contributed by atoms with Crippen LogP contribution in [0.3, 0.4) is 0 Å². The molecule has 3 aromatic heterocycles. The summed E-state index contributed by atoms with van der Waals surface area (Å²) < 4.78 is 0. The maximum Gasteiger partial charge on any atom is 0.305 e. The largest absolute Gasteiger partial charge is 0.481 e. The van der Waals surface area contributed by atoms with Crippen molar-refractivity contribution in [1.29, 1.82) is 0 Å². The van der Waals surface area contributed by atoms with E-state index in [0.717, 1.165) is 11.8 Å². The molecule has 36 nitrogen and oxygen atoms in total. The number of hydrogen-bond donors (Lipinski definition) is 17. The van der Waals surface area contributed by atoms with E-state index in [0.29, 0.717) is 62.0 Å². The maximum atomic E-state index is 15.6. The second-order valence-electron chi connectivity index (χ2n) is 25.0.